The molecule has 0 saturated carbocycles. The summed E-state index contributed by atoms with van der Waals surface area (Å²) >= 11 is 1.39. The van der Waals surface area contributed by atoms with E-state index < -0.39 is 19.3 Å². The van der Waals surface area contributed by atoms with Crippen molar-refractivity contribution in [3.05, 3.63) is 78.4 Å². The van der Waals surface area contributed by atoms with E-state index in [0.29, 0.717) is 6.42 Å². The van der Waals surface area contributed by atoms with Gasteiger partial charge < -0.3 is 15.1 Å². The molecule has 0 aliphatic rings. The highest BCUT2D eigenvalue weighted by molar-refractivity contribution is 8.04. The third kappa shape index (κ3) is 5.43. The van der Waals surface area contributed by atoms with Crippen LogP contribution in [0.15, 0.2) is 77.7 Å². The topological polar surface area (TPSA) is 80.6 Å². The van der Waals surface area contributed by atoms with E-state index in [1.807, 2.05) is 72.8 Å². The Morgan fingerprint density at radius 1 is 1.04 bits per heavy atom. The number of hydrogen-bond acceptors (Lipinski definition) is 4. The van der Waals surface area contributed by atoms with Crippen molar-refractivity contribution >= 4 is 42.1 Å². The lowest BCUT2D eigenvalue weighted by Gasteiger charge is -2.18. The number of aryl methyl sites for hydroxylation is 1. The highest BCUT2D eigenvalue weighted by atomic mass is 32.2. The number of aliphatic carboxylic acids is 1. The second-order valence-corrected chi connectivity index (χ2v) is 9.43. The third-order valence-corrected chi connectivity index (χ3v) is 7.28. The van der Waals surface area contributed by atoms with Crippen molar-refractivity contribution in [1.82, 2.24) is 0 Å². The van der Waals surface area contributed by atoms with E-state index in [-0.39, 0.29) is 11.9 Å². The molecule has 3 rings (SSSR count). The Kier molecular flexibility index (Phi) is 6.87. The summed E-state index contributed by atoms with van der Waals surface area (Å²) < 4.78 is 0. The molecular weight excluding hydrogens is 391 g/mol. The molecule has 0 spiro atoms. The van der Waals surface area contributed by atoms with Crippen molar-refractivity contribution in [2.75, 3.05) is 5.49 Å². The maximum Gasteiger partial charge on any atom is 0.343 e. The highest BCUT2D eigenvalue weighted by Gasteiger charge is 2.36. The van der Waals surface area contributed by atoms with Crippen molar-refractivity contribution < 1.29 is 19.9 Å². The fourth-order valence-corrected chi connectivity index (χ4v) is 5.37. The summed E-state index contributed by atoms with van der Waals surface area (Å²) in [6.07, 6.45) is 0.370. The molecule has 3 aromatic rings. The highest BCUT2D eigenvalue weighted by Crippen LogP contribution is 2.30. The molecule has 28 heavy (non-hydrogen) atoms. The first-order valence-corrected chi connectivity index (χ1v) is 11.4. The first-order chi connectivity index (χ1) is 13.5. The fourth-order valence-electron chi connectivity index (χ4n) is 2.88. The van der Waals surface area contributed by atoms with Gasteiger partial charge in [-0.3, -0.25) is 0 Å². The lowest BCUT2D eigenvalue weighted by Crippen LogP contribution is -2.41. The van der Waals surface area contributed by atoms with Crippen LogP contribution in [0.1, 0.15) is 12.0 Å². The molecule has 4 nitrogen and oxygen atoms in total. The number of thioether (sulfide) groups is 1. The number of carbonyl (C=O) groups is 1. The second kappa shape index (κ2) is 9.35. The van der Waals surface area contributed by atoms with Crippen LogP contribution >= 0.6 is 19.5 Å². The quantitative estimate of drug-likeness (QED) is 0.433. The van der Waals surface area contributed by atoms with E-state index in [2.05, 4.69) is 0 Å². The van der Waals surface area contributed by atoms with Gasteiger partial charge in [0.25, 0.3) is 0 Å². The van der Waals surface area contributed by atoms with Crippen molar-refractivity contribution in [3.8, 4) is 0 Å². The first kappa shape index (κ1) is 20.6. The lowest BCUT2D eigenvalue weighted by atomic mass is 9.97. The molecule has 0 bridgehead atoms. The number of carboxylic acids is 1. The molecule has 0 heterocycles. The van der Waals surface area contributed by atoms with E-state index in [1.165, 1.54) is 11.8 Å². The molecule has 0 radical (unpaired) electrons. The van der Waals surface area contributed by atoms with Crippen molar-refractivity contribution in [3.63, 3.8) is 0 Å². The summed E-state index contributed by atoms with van der Waals surface area (Å²) in [6.45, 7) is 0. The standard InChI is InChI=1S/C22H21O4PS/c23-21(24)22(25,13-12-17-6-2-1-3-7-17)15-27(26)16-28-20-11-10-18-8-4-5-9-19(18)14-20/h1-11,14-15,25H,12-13,16H2,(H,23,24). The molecule has 2 unspecified atom stereocenters. The Morgan fingerprint density at radius 2 is 1.71 bits per heavy atom. The van der Waals surface area contributed by atoms with Gasteiger partial charge >= 0.3 is 5.97 Å². The number of rotatable bonds is 8. The number of fused-ring (bicyclic) bond motifs is 1. The van der Waals surface area contributed by atoms with Crippen LogP contribution < -0.4 is 4.89 Å². The summed E-state index contributed by atoms with van der Waals surface area (Å²) in [7, 11) is -1.99. The molecule has 3 aromatic carbocycles. The Morgan fingerprint density at radius 3 is 2.43 bits per heavy atom. The van der Waals surface area contributed by atoms with Gasteiger partial charge in [-0.2, -0.15) is 0 Å². The molecule has 0 aliphatic heterocycles. The zero-order chi connectivity index (χ0) is 20.0. The third-order valence-electron chi connectivity index (χ3n) is 4.44. The van der Waals surface area contributed by atoms with Gasteiger partial charge in [0.15, 0.2) is 5.49 Å². The number of benzene rings is 3. The molecule has 2 atom stereocenters. The van der Waals surface area contributed by atoms with Gasteiger partial charge in [0.1, 0.15) is 5.80 Å². The van der Waals surface area contributed by atoms with Gasteiger partial charge in [-0.1, -0.05) is 72.4 Å². The van der Waals surface area contributed by atoms with Crippen molar-refractivity contribution in [1.29, 1.82) is 0 Å². The van der Waals surface area contributed by atoms with Crippen LogP contribution in [0.3, 0.4) is 0 Å². The summed E-state index contributed by atoms with van der Waals surface area (Å²) in [4.78, 5) is 25.0. The molecule has 0 aromatic heterocycles. The maximum absolute atomic E-state index is 12.5. The average molecular weight is 412 g/mol. The van der Waals surface area contributed by atoms with Crippen LogP contribution in [-0.2, 0) is 11.2 Å². The summed E-state index contributed by atoms with van der Waals surface area (Å²) in [6, 6.07) is 23.3. The molecular formula is C22H21O4PS. The first-order valence-electron chi connectivity index (χ1n) is 8.87. The van der Waals surface area contributed by atoms with Gasteiger partial charge in [0.2, 0.25) is 5.60 Å². The number of carboxylic acid groups (broad SMARTS) is 1. The Hall–Kier alpha value is -2.17. The molecule has 0 fully saturated rings. The Bertz CT molecular complexity index is 990. The van der Waals surface area contributed by atoms with Crippen LogP contribution in [-0.4, -0.2) is 33.1 Å². The Labute approximate surface area is 169 Å². The maximum atomic E-state index is 12.5. The van der Waals surface area contributed by atoms with E-state index >= 15 is 0 Å². The minimum Gasteiger partial charge on any atom is -0.630 e. The Balaban J connectivity index is 1.66. The van der Waals surface area contributed by atoms with Crippen LogP contribution in [0.4, 0.5) is 0 Å². The van der Waals surface area contributed by atoms with Gasteiger partial charge in [0.05, 0.1) is 7.77 Å². The summed E-state index contributed by atoms with van der Waals surface area (Å²) in [5, 5.41) is 22.2. The van der Waals surface area contributed by atoms with Crippen LogP contribution in [0, 0.1) is 0 Å². The van der Waals surface area contributed by atoms with Crippen molar-refractivity contribution in [2.24, 2.45) is 0 Å². The number of hydrogen-bond donors (Lipinski definition) is 2. The molecule has 0 amide bonds. The van der Waals surface area contributed by atoms with Gasteiger partial charge in [-0.15, -0.1) is 0 Å². The number of aliphatic hydroxyl groups is 1. The zero-order valence-electron chi connectivity index (χ0n) is 15.2. The van der Waals surface area contributed by atoms with Gasteiger partial charge in [-0.05, 0) is 41.3 Å². The SMILES string of the molecule is O=C(O)C(O)(C=[P+]([O-])CSc1ccc2ccccc2c1)CCc1ccccc1. The van der Waals surface area contributed by atoms with Crippen LogP contribution in [0.25, 0.3) is 10.8 Å². The van der Waals surface area contributed by atoms with Crippen LogP contribution in [0.2, 0.25) is 0 Å². The van der Waals surface area contributed by atoms with E-state index in [4.69, 9.17) is 0 Å². The molecule has 0 saturated heterocycles. The van der Waals surface area contributed by atoms with Crippen LogP contribution in [0.5, 0.6) is 0 Å². The van der Waals surface area contributed by atoms with Gasteiger partial charge in [0, 0.05) is 4.90 Å². The van der Waals surface area contributed by atoms with E-state index in [0.717, 1.165) is 27.0 Å². The largest absolute Gasteiger partial charge is 0.630 e. The molecule has 6 heteroatoms. The monoisotopic (exact) mass is 412 g/mol. The molecule has 2 N–H and O–H groups in total. The normalized spacial score (nSPS) is 14.0. The smallest absolute Gasteiger partial charge is 0.343 e. The fraction of sp³-hybridized carbons (Fsp3) is 0.182. The minimum atomic E-state index is -2.10. The zero-order valence-corrected chi connectivity index (χ0v) is 16.9. The summed E-state index contributed by atoms with van der Waals surface area (Å²) in [5.41, 5.74) is -0.960. The minimum absolute atomic E-state index is 0.0198. The van der Waals surface area contributed by atoms with Crippen molar-refractivity contribution in [2.45, 2.75) is 23.3 Å². The van der Waals surface area contributed by atoms with Gasteiger partial charge in [-0.25, -0.2) is 4.79 Å². The lowest BCUT2D eigenvalue weighted by molar-refractivity contribution is -0.155. The van der Waals surface area contributed by atoms with E-state index in [9.17, 15) is 19.9 Å². The second-order valence-electron chi connectivity index (χ2n) is 6.54. The predicted molar refractivity (Wildman–Crippen MR) is 115 cm³/mol. The predicted octanol–water partition coefficient (Wildman–Crippen LogP) is 3.90. The molecule has 0 aliphatic carbocycles. The average Bonchev–Trinajstić information content (AvgIpc) is 2.71. The molecule has 144 valence electrons. The van der Waals surface area contributed by atoms with E-state index in [1.54, 1.807) is 0 Å². The summed E-state index contributed by atoms with van der Waals surface area (Å²) in [5.74, 6) is -0.288.